The second kappa shape index (κ2) is 8.06. The standard InChI is InChI=1S/C21H21NO3S/c1-14-8-9-19(24-3)17(10-14)22-21(23)20-11-16(13-26-20)12-25-18-7-5-4-6-15(18)2/h4-11,13H,12H2,1-3H3,(H,22,23). The van der Waals surface area contributed by atoms with Gasteiger partial charge < -0.3 is 14.8 Å². The number of amides is 1. The van der Waals surface area contributed by atoms with Crippen LogP contribution >= 0.6 is 11.3 Å². The number of rotatable bonds is 6. The molecule has 134 valence electrons. The predicted molar refractivity (Wildman–Crippen MR) is 106 cm³/mol. The van der Waals surface area contributed by atoms with E-state index in [4.69, 9.17) is 9.47 Å². The number of carbonyl (C=O) groups is 1. The van der Waals surface area contributed by atoms with Crippen molar-refractivity contribution in [3.05, 3.63) is 75.5 Å². The van der Waals surface area contributed by atoms with Gasteiger partial charge in [0.25, 0.3) is 5.91 Å². The summed E-state index contributed by atoms with van der Waals surface area (Å²) < 4.78 is 11.2. The maximum absolute atomic E-state index is 12.5. The van der Waals surface area contributed by atoms with E-state index in [1.807, 2.05) is 67.8 Å². The van der Waals surface area contributed by atoms with Gasteiger partial charge in [0.15, 0.2) is 0 Å². The number of benzene rings is 2. The number of hydrogen-bond donors (Lipinski definition) is 1. The van der Waals surface area contributed by atoms with Crippen LogP contribution in [0.5, 0.6) is 11.5 Å². The van der Waals surface area contributed by atoms with E-state index in [0.717, 1.165) is 22.4 Å². The van der Waals surface area contributed by atoms with Crippen molar-refractivity contribution in [3.8, 4) is 11.5 Å². The number of hydrogen-bond acceptors (Lipinski definition) is 4. The topological polar surface area (TPSA) is 47.6 Å². The number of ether oxygens (including phenoxy) is 2. The zero-order chi connectivity index (χ0) is 18.5. The fourth-order valence-corrected chi connectivity index (χ4v) is 3.35. The van der Waals surface area contributed by atoms with Crippen molar-refractivity contribution in [3.63, 3.8) is 0 Å². The molecule has 0 bridgehead atoms. The molecule has 26 heavy (non-hydrogen) atoms. The van der Waals surface area contributed by atoms with Gasteiger partial charge in [-0.25, -0.2) is 0 Å². The van der Waals surface area contributed by atoms with E-state index in [2.05, 4.69) is 5.32 Å². The lowest BCUT2D eigenvalue weighted by Crippen LogP contribution is -2.11. The zero-order valence-electron chi connectivity index (χ0n) is 15.0. The van der Waals surface area contributed by atoms with E-state index in [1.54, 1.807) is 7.11 Å². The Bertz CT molecular complexity index is 917. The summed E-state index contributed by atoms with van der Waals surface area (Å²) in [5, 5.41) is 4.87. The third-order valence-electron chi connectivity index (χ3n) is 3.97. The van der Waals surface area contributed by atoms with E-state index in [-0.39, 0.29) is 5.91 Å². The summed E-state index contributed by atoms with van der Waals surface area (Å²) in [5.74, 6) is 1.35. The van der Waals surface area contributed by atoms with Crippen LogP contribution in [0.15, 0.2) is 53.9 Å². The average molecular weight is 367 g/mol. The van der Waals surface area contributed by atoms with Gasteiger partial charge in [-0.05, 0) is 54.6 Å². The van der Waals surface area contributed by atoms with Gasteiger partial charge in [0.05, 0.1) is 17.7 Å². The zero-order valence-corrected chi connectivity index (χ0v) is 15.9. The van der Waals surface area contributed by atoms with E-state index in [0.29, 0.717) is 22.9 Å². The number of nitrogens with one attached hydrogen (secondary N) is 1. The predicted octanol–water partition coefficient (Wildman–Crippen LogP) is 5.20. The maximum atomic E-state index is 12.5. The van der Waals surface area contributed by atoms with Crippen LogP contribution in [-0.2, 0) is 6.61 Å². The Kier molecular flexibility index (Phi) is 5.58. The van der Waals surface area contributed by atoms with Crippen molar-refractivity contribution in [2.75, 3.05) is 12.4 Å². The molecule has 1 amide bonds. The smallest absolute Gasteiger partial charge is 0.265 e. The van der Waals surface area contributed by atoms with Crippen molar-refractivity contribution in [1.82, 2.24) is 0 Å². The molecule has 0 atom stereocenters. The molecule has 3 aromatic rings. The van der Waals surface area contributed by atoms with Gasteiger partial charge in [-0.1, -0.05) is 24.3 Å². The number of thiophene rings is 1. The molecule has 0 aliphatic carbocycles. The van der Waals surface area contributed by atoms with Gasteiger partial charge in [-0.2, -0.15) is 0 Å². The van der Waals surface area contributed by atoms with Gasteiger partial charge in [0.2, 0.25) is 0 Å². The van der Waals surface area contributed by atoms with Crippen LogP contribution in [0.25, 0.3) is 0 Å². The van der Waals surface area contributed by atoms with Crippen molar-refractivity contribution in [1.29, 1.82) is 0 Å². The van der Waals surface area contributed by atoms with Crippen LogP contribution in [0, 0.1) is 13.8 Å². The van der Waals surface area contributed by atoms with E-state index in [9.17, 15) is 4.79 Å². The first-order valence-corrected chi connectivity index (χ1v) is 9.16. The molecule has 4 nitrogen and oxygen atoms in total. The number of anilines is 1. The first kappa shape index (κ1) is 18.0. The number of methoxy groups -OCH3 is 1. The van der Waals surface area contributed by atoms with Gasteiger partial charge in [-0.15, -0.1) is 11.3 Å². The summed E-state index contributed by atoms with van der Waals surface area (Å²) >= 11 is 1.40. The summed E-state index contributed by atoms with van der Waals surface area (Å²) in [6, 6.07) is 15.4. The van der Waals surface area contributed by atoms with Crippen LogP contribution in [-0.4, -0.2) is 13.0 Å². The van der Waals surface area contributed by atoms with E-state index >= 15 is 0 Å². The van der Waals surface area contributed by atoms with Gasteiger partial charge >= 0.3 is 0 Å². The maximum Gasteiger partial charge on any atom is 0.265 e. The summed E-state index contributed by atoms with van der Waals surface area (Å²) in [5.41, 5.74) is 3.79. The highest BCUT2D eigenvalue weighted by atomic mass is 32.1. The second-order valence-corrected chi connectivity index (χ2v) is 6.94. The third kappa shape index (κ3) is 4.24. The number of para-hydroxylation sites is 1. The lowest BCUT2D eigenvalue weighted by molar-refractivity contribution is 0.103. The molecular weight excluding hydrogens is 346 g/mol. The quantitative estimate of drug-likeness (QED) is 0.651. The number of aryl methyl sites for hydroxylation is 2. The molecule has 0 aliphatic rings. The minimum Gasteiger partial charge on any atom is -0.495 e. The highest BCUT2D eigenvalue weighted by molar-refractivity contribution is 7.12. The van der Waals surface area contributed by atoms with E-state index in [1.165, 1.54) is 11.3 Å². The van der Waals surface area contributed by atoms with Crippen LogP contribution in [0.4, 0.5) is 5.69 Å². The molecule has 0 saturated heterocycles. The fourth-order valence-electron chi connectivity index (χ4n) is 2.55. The Labute approximate surface area is 157 Å². The summed E-state index contributed by atoms with van der Waals surface area (Å²) in [6.45, 7) is 4.42. The molecule has 1 N–H and O–H groups in total. The molecule has 0 spiro atoms. The Balaban J connectivity index is 1.67. The molecule has 2 aromatic carbocycles. The van der Waals surface area contributed by atoms with Crippen LogP contribution < -0.4 is 14.8 Å². The summed E-state index contributed by atoms with van der Waals surface area (Å²) in [6.07, 6.45) is 0. The molecular formula is C21H21NO3S. The Morgan fingerprint density at radius 3 is 2.65 bits per heavy atom. The third-order valence-corrected chi connectivity index (χ3v) is 4.95. The van der Waals surface area contributed by atoms with Crippen molar-refractivity contribution >= 4 is 22.9 Å². The summed E-state index contributed by atoms with van der Waals surface area (Å²) in [4.78, 5) is 13.2. The molecule has 0 saturated carbocycles. The number of carbonyl (C=O) groups excluding carboxylic acids is 1. The monoisotopic (exact) mass is 367 g/mol. The molecule has 1 heterocycles. The molecule has 0 fully saturated rings. The summed E-state index contributed by atoms with van der Waals surface area (Å²) in [7, 11) is 1.59. The normalized spacial score (nSPS) is 10.4. The van der Waals surface area contributed by atoms with Crippen LogP contribution in [0.2, 0.25) is 0 Å². The second-order valence-electron chi connectivity index (χ2n) is 6.03. The molecule has 0 radical (unpaired) electrons. The van der Waals surface area contributed by atoms with Gasteiger partial charge in [0.1, 0.15) is 18.1 Å². The lowest BCUT2D eigenvalue weighted by atomic mass is 10.2. The first-order chi connectivity index (χ1) is 12.6. The van der Waals surface area contributed by atoms with Crippen LogP contribution in [0.1, 0.15) is 26.4 Å². The highest BCUT2D eigenvalue weighted by Crippen LogP contribution is 2.27. The minimum atomic E-state index is -0.152. The Morgan fingerprint density at radius 2 is 1.88 bits per heavy atom. The molecule has 0 unspecified atom stereocenters. The first-order valence-electron chi connectivity index (χ1n) is 8.28. The van der Waals surface area contributed by atoms with Crippen molar-refractivity contribution < 1.29 is 14.3 Å². The molecule has 3 rings (SSSR count). The van der Waals surface area contributed by atoms with E-state index < -0.39 is 0 Å². The Morgan fingerprint density at radius 1 is 1.08 bits per heavy atom. The fraction of sp³-hybridized carbons (Fsp3) is 0.190. The largest absolute Gasteiger partial charge is 0.495 e. The van der Waals surface area contributed by atoms with Crippen molar-refractivity contribution in [2.24, 2.45) is 0 Å². The molecule has 0 aliphatic heterocycles. The Hall–Kier alpha value is -2.79. The van der Waals surface area contributed by atoms with Crippen LogP contribution in [0.3, 0.4) is 0 Å². The van der Waals surface area contributed by atoms with Gasteiger partial charge in [0, 0.05) is 5.56 Å². The van der Waals surface area contributed by atoms with Crippen molar-refractivity contribution in [2.45, 2.75) is 20.5 Å². The highest BCUT2D eigenvalue weighted by Gasteiger charge is 2.13. The minimum absolute atomic E-state index is 0.152. The lowest BCUT2D eigenvalue weighted by Gasteiger charge is -2.10. The molecule has 1 aromatic heterocycles. The average Bonchev–Trinajstić information content (AvgIpc) is 3.10. The molecule has 5 heteroatoms. The SMILES string of the molecule is COc1ccc(C)cc1NC(=O)c1cc(COc2ccccc2C)cs1. The van der Waals surface area contributed by atoms with Gasteiger partial charge in [-0.3, -0.25) is 4.79 Å².